The number of nitrogens with one attached hydrogen (secondary N) is 1. The molecule has 24 heavy (non-hydrogen) atoms. The molecule has 128 valence electrons. The molecule has 2 heterocycles. The molecule has 1 saturated heterocycles. The molecule has 1 aromatic heterocycles. The summed E-state index contributed by atoms with van der Waals surface area (Å²) >= 11 is 4.64. The number of aromatic amines is 1. The minimum absolute atomic E-state index is 0.00613. The summed E-state index contributed by atoms with van der Waals surface area (Å²) in [5, 5.41) is 6.71. The van der Waals surface area contributed by atoms with Crippen LogP contribution in [-0.2, 0) is 11.3 Å². The molecule has 1 aromatic carbocycles. The molecule has 2 unspecified atom stereocenters. The van der Waals surface area contributed by atoms with Crippen molar-refractivity contribution >= 4 is 33.5 Å². The molecule has 1 aliphatic heterocycles. The smallest absolute Gasteiger partial charge is 0.344 e. The average molecular weight is 412 g/mol. The van der Waals surface area contributed by atoms with E-state index in [1.54, 1.807) is 16.7 Å². The van der Waals surface area contributed by atoms with E-state index >= 15 is 0 Å². The third-order valence-corrected chi connectivity index (χ3v) is 5.53. The SMILES string of the molecule is CC(Sc1n[nH]c(=O)n1CC1CCCO1)C(=O)c1ccc(Br)cc1. The van der Waals surface area contributed by atoms with Crippen LogP contribution < -0.4 is 5.69 Å². The number of Topliss-reactive ketones (excluding diaryl/α,β-unsaturated/α-hetero) is 1. The summed E-state index contributed by atoms with van der Waals surface area (Å²) in [6, 6.07) is 7.25. The van der Waals surface area contributed by atoms with Crippen molar-refractivity contribution in [2.45, 2.75) is 42.8 Å². The molecule has 0 saturated carbocycles. The zero-order valence-electron chi connectivity index (χ0n) is 13.2. The molecule has 3 rings (SSSR count). The van der Waals surface area contributed by atoms with E-state index in [-0.39, 0.29) is 22.8 Å². The Morgan fingerprint density at radius 3 is 2.92 bits per heavy atom. The number of aromatic nitrogens is 3. The van der Waals surface area contributed by atoms with Crippen LogP contribution in [0.1, 0.15) is 30.1 Å². The second-order valence-corrected chi connectivity index (χ2v) is 7.91. The number of rotatable bonds is 6. The Labute approximate surface area is 152 Å². The van der Waals surface area contributed by atoms with E-state index in [1.165, 1.54) is 11.8 Å². The highest BCUT2D eigenvalue weighted by molar-refractivity contribution is 9.10. The maximum atomic E-state index is 12.5. The van der Waals surface area contributed by atoms with Gasteiger partial charge < -0.3 is 4.74 Å². The number of H-pyrrole nitrogens is 1. The fraction of sp³-hybridized carbons (Fsp3) is 0.438. The summed E-state index contributed by atoms with van der Waals surface area (Å²) in [5.74, 6) is 0.00613. The first kappa shape index (κ1) is 17.4. The van der Waals surface area contributed by atoms with Crippen LogP contribution in [0.25, 0.3) is 0 Å². The first-order chi connectivity index (χ1) is 11.5. The highest BCUT2D eigenvalue weighted by Crippen LogP contribution is 2.25. The molecule has 0 radical (unpaired) electrons. The Morgan fingerprint density at radius 2 is 2.25 bits per heavy atom. The lowest BCUT2D eigenvalue weighted by atomic mass is 10.1. The predicted octanol–water partition coefficient (Wildman–Crippen LogP) is 2.88. The van der Waals surface area contributed by atoms with Crippen molar-refractivity contribution in [1.82, 2.24) is 14.8 Å². The lowest BCUT2D eigenvalue weighted by molar-refractivity contribution is 0.0941. The van der Waals surface area contributed by atoms with E-state index in [9.17, 15) is 9.59 Å². The van der Waals surface area contributed by atoms with Gasteiger partial charge in [-0.3, -0.25) is 9.36 Å². The molecule has 8 heteroatoms. The summed E-state index contributed by atoms with van der Waals surface area (Å²) in [5.41, 5.74) is 0.373. The van der Waals surface area contributed by atoms with Gasteiger partial charge in [0.05, 0.1) is 17.9 Å². The minimum Gasteiger partial charge on any atom is -0.376 e. The fourth-order valence-electron chi connectivity index (χ4n) is 2.61. The van der Waals surface area contributed by atoms with Gasteiger partial charge in [-0.1, -0.05) is 39.8 Å². The van der Waals surface area contributed by atoms with E-state index in [0.717, 1.165) is 23.9 Å². The molecule has 2 atom stereocenters. The van der Waals surface area contributed by atoms with Crippen LogP contribution in [0.3, 0.4) is 0 Å². The van der Waals surface area contributed by atoms with Gasteiger partial charge in [0.1, 0.15) is 0 Å². The van der Waals surface area contributed by atoms with Crippen molar-refractivity contribution in [3.8, 4) is 0 Å². The van der Waals surface area contributed by atoms with Gasteiger partial charge in [0.25, 0.3) is 0 Å². The monoisotopic (exact) mass is 411 g/mol. The number of carbonyl (C=O) groups is 1. The fourth-order valence-corrected chi connectivity index (χ4v) is 3.81. The van der Waals surface area contributed by atoms with Crippen LogP contribution in [0.15, 0.2) is 38.7 Å². The molecule has 0 spiro atoms. The Hall–Kier alpha value is -1.38. The van der Waals surface area contributed by atoms with Gasteiger partial charge in [0.2, 0.25) is 0 Å². The molecule has 0 amide bonds. The summed E-state index contributed by atoms with van der Waals surface area (Å²) in [7, 11) is 0. The van der Waals surface area contributed by atoms with E-state index in [1.807, 2.05) is 19.1 Å². The molecule has 1 N–H and O–H groups in total. The van der Waals surface area contributed by atoms with Gasteiger partial charge in [-0.25, -0.2) is 9.89 Å². The number of ketones is 1. The van der Waals surface area contributed by atoms with Crippen molar-refractivity contribution in [3.05, 3.63) is 44.8 Å². The van der Waals surface area contributed by atoms with Gasteiger partial charge in [-0.2, -0.15) is 0 Å². The summed E-state index contributed by atoms with van der Waals surface area (Å²) < 4.78 is 8.08. The van der Waals surface area contributed by atoms with Gasteiger partial charge in [0.15, 0.2) is 10.9 Å². The zero-order valence-corrected chi connectivity index (χ0v) is 15.6. The van der Waals surface area contributed by atoms with E-state index in [2.05, 4.69) is 26.1 Å². The molecular formula is C16H18BrN3O3S. The standard InChI is InChI=1S/C16H18BrN3O3S/c1-10(14(21)11-4-6-12(17)7-5-11)24-16-19-18-15(22)20(16)9-13-3-2-8-23-13/h4-7,10,13H,2-3,8-9H2,1H3,(H,18,22). The summed E-state index contributed by atoms with van der Waals surface area (Å²) in [4.78, 5) is 24.5. The van der Waals surface area contributed by atoms with Crippen molar-refractivity contribution in [2.24, 2.45) is 0 Å². The maximum Gasteiger partial charge on any atom is 0.344 e. The number of nitrogens with zero attached hydrogens (tertiary/aromatic N) is 2. The first-order valence-corrected chi connectivity index (χ1v) is 9.45. The van der Waals surface area contributed by atoms with Crippen molar-refractivity contribution in [1.29, 1.82) is 0 Å². The molecule has 2 aromatic rings. The van der Waals surface area contributed by atoms with Gasteiger partial charge in [0, 0.05) is 16.6 Å². The lowest BCUT2D eigenvalue weighted by Crippen LogP contribution is -2.25. The molecule has 0 aliphatic carbocycles. The van der Waals surface area contributed by atoms with Crippen molar-refractivity contribution in [3.63, 3.8) is 0 Å². The third kappa shape index (κ3) is 3.99. The topological polar surface area (TPSA) is 77.0 Å². The molecule has 6 nitrogen and oxygen atoms in total. The van der Waals surface area contributed by atoms with Crippen LogP contribution in [0, 0.1) is 0 Å². The van der Waals surface area contributed by atoms with Gasteiger partial charge >= 0.3 is 5.69 Å². The first-order valence-electron chi connectivity index (χ1n) is 7.78. The average Bonchev–Trinajstić information content (AvgIpc) is 3.20. The molecule has 0 bridgehead atoms. The van der Waals surface area contributed by atoms with Crippen LogP contribution in [0.5, 0.6) is 0 Å². The van der Waals surface area contributed by atoms with Crippen LogP contribution >= 0.6 is 27.7 Å². The molecule has 1 aliphatic rings. The summed E-state index contributed by atoms with van der Waals surface area (Å²) in [6.07, 6.45) is 1.99. The second kappa shape index (κ2) is 7.67. The van der Waals surface area contributed by atoms with E-state index < -0.39 is 0 Å². The van der Waals surface area contributed by atoms with Gasteiger partial charge in [-0.15, -0.1) is 5.10 Å². The predicted molar refractivity (Wildman–Crippen MR) is 95.6 cm³/mol. The Kier molecular flexibility index (Phi) is 5.57. The Morgan fingerprint density at radius 1 is 1.50 bits per heavy atom. The third-order valence-electron chi connectivity index (χ3n) is 3.91. The van der Waals surface area contributed by atoms with Crippen LogP contribution in [-0.4, -0.2) is 38.5 Å². The Balaban J connectivity index is 1.72. The number of thioether (sulfide) groups is 1. The number of hydrogen-bond donors (Lipinski definition) is 1. The summed E-state index contributed by atoms with van der Waals surface area (Å²) in [6.45, 7) is 3.03. The Bertz CT molecular complexity index is 766. The van der Waals surface area contributed by atoms with Gasteiger partial charge in [-0.05, 0) is 31.9 Å². The quantitative estimate of drug-likeness (QED) is 0.583. The number of benzene rings is 1. The lowest BCUT2D eigenvalue weighted by Gasteiger charge is -2.13. The number of halogens is 1. The van der Waals surface area contributed by atoms with E-state index in [0.29, 0.717) is 17.3 Å². The van der Waals surface area contributed by atoms with Crippen LogP contribution in [0.4, 0.5) is 0 Å². The second-order valence-electron chi connectivity index (χ2n) is 5.69. The van der Waals surface area contributed by atoms with Crippen LogP contribution in [0.2, 0.25) is 0 Å². The highest BCUT2D eigenvalue weighted by atomic mass is 79.9. The number of ether oxygens (including phenoxy) is 1. The maximum absolute atomic E-state index is 12.5. The number of carbonyl (C=O) groups excluding carboxylic acids is 1. The normalized spacial score (nSPS) is 18.7. The zero-order chi connectivity index (χ0) is 17.1. The largest absolute Gasteiger partial charge is 0.376 e. The number of hydrogen-bond acceptors (Lipinski definition) is 5. The minimum atomic E-state index is -0.343. The molecular weight excluding hydrogens is 394 g/mol. The van der Waals surface area contributed by atoms with Crippen molar-refractivity contribution < 1.29 is 9.53 Å². The van der Waals surface area contributed by atoms with Crippen molar-refractivity contribution in [2.75, 3.05) is 6.61 Å². The highest BCUT2D eigenvalue weighted by Gasteiger charge is 2.23. The van der Waals surface area contributed by atoms with E-state index in [4.69, 9.17) is 4.74 Å². The molecule has 1 fully saturated rings.